The van der Waals surface area contributed by atoms with Gasteiger partial charge in [0, 0.05) is 27.3 Å². The molecule has 3 unspecified atom stereocenters. The second-order valence-corrected chi connectivity index (χ2v) is 7.61. The number of guanidine groups is 1. The number of hydrogen-bond acceptors (Lipinski definition) is 6. The summed E-state index contributed by atoms with van der Waals surface area (Å²) >= 11 is 0. The largest absolute Gasteiger partial charge is 0.491 e. The van der Waals surface area contributed by atoms with E-state index in [1.54, 1.807) is 19.1 Å². The second kappa shape index (κ2) is 10.5. The molecule has 0 aliphatic carbocycles. The molecule has 2 aliphatic rings. The molecule has 0 aromatic heterocycles. The van der Waals surface area contributed by atoms with Gasteiger partial charge in [0.15, 0.2) is 12.0 Å². The Balaban J connectivity index is 1.67. The third kappa shape index (κ3) is 5.45. The quantitative estimate of drug-likeness (QED) is 0.450. The van der Waals surface area contributed by atoms with Crippen LogP contribution in [0.2, 0.25) is 0 Å². The number of hydrogen-bond donors (Lipinski definition) is 3. The first kappa shape index (κ1) is 22.8. The van der Waals surface area contributed by atoms with Crippen LogP contribution >= 0.6 is 0 Å². The molecule has 0 spiro atoms. The van der Waals surface area contributed by atoms with Crippen LogP contribution < -0.4 is 15.4 Å². The lowest BCUT2D eigenvalue weighted by Gasteiger charge is -2.35. The fourth-order valence-electron chi connectivity index (χ4n) is 3.61. The first-order chi connectivity index (χ1) is 14.9. The van der Waals surface area contributed by atoms with Crippen molar-refractivity contribution in [2.75, 3.05) is 40.5 Å². The van der Waals surface area contributed by atoms with Crippen molar-refractivity contribution in [1.29, 1.82) is 0 Å². The van der Waals surface area contributed by atoms with E-state index in [9.17, 15) is 14.7 Å². The maximum absolute atomic E-state index is 12.6. The summed E-state index contributed by atoms with van der Waals surface area (Å²) in [6.07, 6.45) is 0.230. The van der Waals surface area contributed by atoms with E-state index in [1.165, 1.54) is 10.5 Å². The van der Waals surface area contributed by atoms with Crippen molar-refractivity contribution in [1.82, 2.24) is 20.4 Å². The third-order valence-corrected chi connectivity index (χ3v) is 5.37. The number of carbonyl (C=O) groups is 2. The van der Waals surface area contributed by atoms with Crippen molar-refractivity contribution in [2.24, 2.45) is 4.99 Å². The highest BCUT2D eigenvalue weighted by Crippen LogP contribution is 2.21. The minimum absolute atomic E-state index is 0.0622. The molecule has 0 radical (unpaired) electrons. The number of ether oxygens (including phenoxy) is 2. The highest BCUT2D eigenvalue weighted by atomic mass is 16.5. The Morgan fingerprint density at radius 2 is 2.00 bits per heavy atom. The molecule has 31 heavy (non-hydrogen) atoms. The normalized spacial score (nSPS) is 22.9. The maximum Gasteiger partial charge on any atom is 0.325 e. The van der Waals surface area contributed by atoms with Gasteiger partial charge >= 0.3 is 6.03 Å². The lowest BCUT2D eigenvalue weighted by Crippen LogP contribution is -2.65. The fraction of sp³-hybridized carbons (Fsp3) is 0.571. The second-order valence-electron chi connectivity index (χ2n) is 7.61. The Morgan fingerprint density at radius 1 is 1.26 bits per heavy atom. The zero-order valence-corrected chi connectivity index (χ0v) is 18.2. The van der Waals surface area contributed by atoms with Gasteiger partial charge in [0.25, 0.3) is 5.91 Å². The molecule has 2 heterocycles. The Kier molecular flexibility index (Phi) is 7.69. The smallest absolute Gasteiger partial charge is 0.325 e. The molecule has 170 valence electrons. The number of methoxy groups -OCH3 is 1. The molecule has 0 saturated carbocycles. The first-order valence-corrected chi connectivity index (χ1v) is 10.5. The molecule has 3 N–H and O–H groups in total. The van der Waals surface area contributed by atoms with Gasteiger partial charge in [-0.1, -0.05) is 19.1 Å². The van der Waals surface area contributed by atoms with Crippen LogP contribution in [0.25, 0.3) is 0 Å². The minimum atomic E-state index is -0.869. The van der Waals surface area contributed by atoms with Crippen molar-refractivity contribution in [3.63, 3.8) is 0 Å². The number of carbonyl (C=O) groups excluding carboxylic acids is 2. The summed E-state index contributed by atoms with van der Waals surface area (Å²) in [5, 5.41) is 16.1. The summed E-state index contributed by atoms with van der Waals surface area (Å²) in [4.78, 5) is 32.2. The van der Waals surface area contributed by atoms with Crippen LogP contribution in [0, 0.1) is 0 Å². The third-order valence-electron chi connectivity index (χ3n) is 5.37. The molecular weight excluding hydrogens is 402 g/mol. The first-order valence-electron chi connectivity index (χ1n) is 10.5. The molecule has 3 atom stereocenters. The van der Waals surface area contributed by atoms with Gasteiger partial charge in [-0.2, -0.15) is 0 Å². The highest BCUT2D eigenvalue weighted by molar-refractivity contribution is 6.04. The average Bonchev–Trinajstić information content (AvgIpc) is 3.12. The van der Waals surface area contributed by atoms with Crippen molar-refractivity contribution in [2.45, 2.75) is 38.1 Å². The topological polar surface area (TPSA) is 116 Å². The van der Waals surface area contributed by atoms with Gasteiger partial charge in [-0.05, 0) is 30.5 Å². The predicted octanol–water partition coefficient (Wildman–Crippen LogP) is 0.163. The van der Waals surface area contributed by atoms with Gasteiger partial charge in [0.1, 0.15) is 24.6 Å². The number of benzene rings is 1. The van der Waals surface area contributed by atoms with Crippen LogP contribution in [0.3, 0.4) is 0 Å². The van der Waals surface area contributed by atoms with Crippen molar-refractivity contribution in [3.05, 3.63) is 29.8 Å². The van der Waals surface area contributed by atoms with Crippen LogP contribution in [-0.4, -0.2) is 91.6 Å². The minimum Gasteiger partial charge on any atom is -0.491 e. The van der Waals surface area contributed by atoms with Gasteiger partial charge in [-0.25, -0.2) is 4.79 Å². The molecule has 2 aliphatic heterocycles. The van der Waals surface area contributed by atoms with Crippen LogP contribution in [-0.2, 0) is 16.0 Å². The molecule has 1 aromatic rings. The number of nitrogens with zero attached hydrogens (tertiary/aromatic N) is 3. The van der Waals surface area contributed by atoms with Gasteiger partial charge in [0.2, 0.25) is 0 Å². The molecule has 10 nitrogen and oxygen atoms in total. The average molecular weight is 434 g/mol. The molecule has 0 bridgehead atoms. The number of aliphatic imine (C=N–C) groups is 1. The standard InChI is InChI=1S/C21H31N5O5/c1-4-14-6-8-16(9-7-14)31-13-15(27)12-26-17-18(25(2)21(29)24-19(17)28)23-20(26)22-10-5-11-30-3/h6-9,15,17-18,27H,4-5,10-13H2,1-3H3,(H,22,23)(H,24,28,29). The Labute approximate surface area is 182 Å². The number of imide groups is 1. The number of nitrogens with one attached hydrogen (secondary N) is 2. The number of aliphatic hydroxyl groups excluding tert-OH is 1. The zero-order chi connectivity index (χ0) is 22.4. The molecule has 3 amide bonds. The number of likely N-dealkylation sites (N-methyl/N-ethyl adjacent to an activating group) is 1. The lowest BCUT2D eigenvalue weighted by molar-refractivity contribution is -0.127. The van der Waals surface area contributed by atoms with E-state index in [4.69, 9.17) is 9.47 Å². The summed E-state index contributed by atoms with van der Waals surface area (Å²) in [6.45, 7) is 3.32. The summed E-state index contributed by atoms with van der Waals surface area (Å²) in [5.41, 5.74) is 1.21. The van der Waals surface area contributed by atoms with E-state index in [2.05, 4.69) is 22.5 Å². The molecule has 1 aromatic carbocycles. The van der Waals surface area contributed by atoms with E-state index in [0.29, 0.717) is 31.3 Å². The molecule has 2 saturated heterocycles. The Bertz CT molecular complexity index is 800. The van der Waals surface area contributed by atoms with Crippen molar-refractivity contribution < 1.29 is 24.2 Å². The van der Waals surface area contributed by atoms with Crippen molar-refractivity contribution in [3.8, 4) is 5.75 Å². The zero-order valence-electron chi connectivity index (χ0n) is 18.2. The monoisotopic (exact) mass is 433 g/mol. The molecule has 2 fully saturated rings. The number of aryl methyl sites for hydroxylation is 1. The summed E-state index contributed by atoms with van der Waals surface area (Å²) in [7, 11) is 3.23. The van der Waals surface area contributed by atoms with Gasteiger partial charge in [-0.15, -0.1) is 0 Å². The SMILES string of the molecule is CCc1ccc(OCC(O)CN2C(=NCCCOC)NC3C2C(=O)NC(=O)N3C)cc1. The van der Waals surface area contributed by atoms with Gasteiger partial charge < -0.3 is 29.7 Å². The number of fused-ring (bicyclic) bond motifs is 1. The van der Waals surface area contributed by atoms with Gasteiger partial charge in [-0.3, -0.25) is 15.1 Å². The van der Waals surface area contributed by atoms with E-state index in [1.807, 2.05) is 24.3 Å². The summed E-state index contributed by atoms with van der Waals surface area (Å²) < 4.78 is 10.8. The van der Waals surface area contributed by atoms with E-state index in [-0.39, 0.29) is 13.2 Å². The maximum atomic E-state index is 12.6. The highest BCUT2D eigenvalue weighted by Gasteiger charge is 2.50. The van der Waals surface area contributed by atoms with Crippen LogP contribution in [0.4, 0.5) is 4.79 Å². The predicted molar refractivity (Wildman–Crippen MR) is 115 cm³/mol. The van der Waals surface area contributed by atoms with Crippen LogP contribution in [0.1, 0.15) is 18.9 Å². The Morgan fingerprint density at radius 3 is 2.68 bits per heavy atom. The summed E-state index contributed by atoms with van der Waals surface area (Å²) in [5.74, 6) is 0.711. The summed E-state index contributed by atoms with van der Waals surface area (Å²) in [6, 6.07) is 6.55. The molecule has 3 rings (SSSR count). The number of rotatable bonds is 10. The lowest BCUT2D eigenvalue weighted by atomic mass is 10.1. The Hall–Kier alpha value is -2.85. The molecular formula is C21H31N5O5. The van der Waals surface area contributed by atoms with E-state index < -0.39 is 30.2 Å². The fourth-order valence-corrected chi connectivity index (χ4v) is 3.61. The van der Waals surface area contributed by atoms with Crippen LogP contribution in [0.15, 0.2) is 29.3 Å². The van der Waals surface area contributed by atoms with E-state index >= 15 is 0 Å². The number of aliphatic hydroxyl groups is 1. The number of urea groups is 1. The van der Waals surface area contributed by atoms with Crippen molar-refractivity contribution >= 4 is 17.9 Å². The van der Waals surface area contributed by atoms with Crippen LogP contribution in [0.5, 0.6) is 5.75 Å². The van der Waals surface area contributed by atoms with E-state index in [0.717, 1.165) is 6.42 Å². The van der Waals surface area contributed by atoms with Gasteiger partial charge in [0.05, 0.1) is 6.54 Å². The number of β-amino-alcohol motifs (C(OH)–C–C–N with tert-alkyl or cyclic N) is 1. The molecule has 10 heteroatoms. The number of amides is 3.